The molecule has 1 saturated carbocycles. The van der Waals surface area contributed by atoms with Gasteiger partial charge in [-0.2, -0.15) is 0 Å². The fraction of sp³-hybridized carbons (Fsp3) is 0.280. The van der Waals surface area contributed by atoms with Crippen LogP contribution in [0.1, 0.15) is 25.3 Å². The van der Waals surface area contributed by atoms with Gasteiger partial charge in [0.25, 0.3) is 0 Å². The molecule has 6 nitrogen and oxygen atoms in total. The van der Waals surface area contributed by atoms with Crippen molar-refractivity contribution in [3.05, 3.63) is 69.6 Å². The number of nitrogens with one attached hydrogen (secondary N) is 1. The van der Waals surface area contributed by atoms with Gasteiger partial charge in [0.2, 0.25) is 10.0 Å². The zero-order valence-electron chi connectivity index (χ0n) is 19.0. The van der Waals surface area contributed by atoms with E-state index in [2.05, 4.69) is 45.9 Å². The van der Waals surface area contributed by atoms with Crippen molar-refractivity contribution in [2.24, 2.45) is 0 Å². The average Bonchev–Trinajstić information content (AvgIpc) is 3.12. The minimum absolute atomic E-state index is 0.220. The van der Waals surface area contributed by atoms with Crippen LogP contribution in [0.5, 0.6) is 5.75 Å². The van der Waals surface area contributed by atoms with Gasteiger partial charge >= 0.3 is 6.36 Å². The van der Waals surface area contributed by atoms with Crippen molar-refractivity contribution in [2.75, 3.05) is 0 Å². The number of benzene rings is 3. The highest BCUT2D eigenvalue weighted by Crippen LogP contribution is 2.40. The molecule has 1 aliphatic rings. The Labute approximate surface area is 227 Å². The number of sulfonamides is 1. The van der Waals surface area contributed by atoms with Crippen LogP contribution < -0.4 is 9.46 Å². The third-order valence-electron chi connectivity index (χ3n) is 6.55. The Morgan fingerprint density at radius 2 is 1.49 bits per heavy atom. The maximum absolute atomic E-state index is 13.0. The second-order valence-electron chi connectivity index (χ2n) is 8.93. The minimum Gasteiger partial charge on any atom is -0.406 e. The summed E-state index contributed by atoms with van der Waals surface area (Å²) in [6, 6.07) is 14.6. The van der Waals surface area contributed by atoms with Crippen LogP contribution in [0.2, 0.25) is 0 Å². The Balaban J connectivity index is 1.45. The van der Waals surface area contributed by atoms with Crippen LogP contribution in [-0.4, -0.2) is 36.6 Å². The summed E-state index contributed by atoms with van der Waals surface area (Å²) in [5.41, 5.74) is 1.84. The standard InChI is InChI=1S/C25H21Br2F3N2O4S/c26-14-4-10-21-18(12-14)19-13-15(27)5-11-22(19)32(21)23-3-1-2-20(24(23)33)31-37(34,35)17-8-6-16(7-9-17)36-25(28,29)30/h4-13,20,23-24,31,33H,1-3H2/t20-,23+,24+/m1/s1. The zero-order valence-corrected chi connectivity index (χ0v) is 23.0. The van der Waals surface area contributed by atoms with Gasteiger partial charge in [0.05, 0.1) is 23.1 Å². The lowest BCUT2D eigenvalue weighted by Gasteiger charge is -2.36. The number of ether oxygens (including phenoxy) is 1. The van der Waals surface area contributed by atoms with E-state index in [9.17, 15) is 26.7 Å². The number of fused-ring (bicyclic) bond motifs is 3. The van der Waals surface area contributed by atoms with E-state index < -0.39 is 40.3 Å². The molecule has 0 amide bonds. The first kappa shape index (κ1) is 26.5. The molecule has 1 fully saturated rings. The summed E-state index contributed by atoms with van der Waals surface area (Å²) in [4.78, 5) is -0.220. The number of aliphatic hydroxyl groups is 1. The average molecular weight is 662 g/mol. The smallest absolute Gasteiger partial charge is 0.406 e. The second-order valence-corrected chi connectivity index (χ2v) is 12.5. The van der Waals surface area contributed by atoms with E-state index in [0.717, 1.165) is 55.0 Å². The SMILES string of the molecule is O=S(=O)(N[C@@H]1CCC[C@H](n2c3ccc(Br)cc3c3cc(Br)ccc32)[C@H]1O)c1ccc(OC(F)(F)F)cc1. The second kappa shape index (κ2) is 9.88. The van der Waals surface area contributed by atoms with Gasteiger partial charge in [-0.25, -0.2) is 13.1 Å². The van der Waals surface area contributed by atoms with Gasteiger partial charge < -0.3 is 14.4 Å². The molecular formula is C25H21Br2F3N2O4S. The third kappa shape index (κ3) is 5.40. The van der Waals surface area contributed by atoms with Crippen LogP contribution >= 0.6 is 31.9 Å². The topological polar surface area (TPSA) is 80.6 Å². The van der Waals surface area contributed by atoms with Gasteiger partial charge in [0, 0.05) is 30.8 Å². The molecule has 196 valence electrons. The van der Waals surface area contributed by atoms with Crippen molar-refractivity contribution >= 4 is 63.7 Å². The number of nitrogens with zero attached hydrogens (tertiary/aromatic N) is 1. The van der Waals surface area contributed by atoms with E-state index in [-0.39, 0.29) is 4.90 Å². The molecule has 12 heteroatoms. The fourth-order valence-electron chi connectivity index (χ4n) is 5.01. The highest BCUT2D eigenvalue weighted by atomic mass is 79.9. The van der Waals surface area contributed by atoms with Gasteiger partial charge in [0.15, 0.2) is 0 Å². The van der Waals surface area contributed by atoms with Crippen LogP contribution in [0.15, 0.2) is 74.5 Å². The van der Waals surface area contributed by atoms with Gasteiger partial charge in [-0.1, -0.05) is 31.9 Å². The van der Waals surface area contributed by atoms with Gasteiger partial charge in [-0.05, 0) is 79.9 Å². The molecule has 0 spiro atoms. The van der Waals surface area contributed by atoms with Crippen LogP contribution in [0.3, 0.4) is 0 Å². The zero-order chi connectivity index (χ0) is 26.5. The molecule has 0 unspecified atom stereocenters. The number of alkyl halides is 3. The Hall–Kier alpha value is -2.12. The van der Waals surface area contributed by atoms with E-state index in [1.807, 2.05) is 36.4 Å². The summed E-state index contributed by atoms with van der Waals surface area (Å²) in [6.07, 6.45) is -4.18. The van der Waals surface area contributed by atoms with E-state index >= 15 is 0 Å². The lowest BCUT2D eigenvalue weighted by Crippen LogP contribution is -2.49. The molecule has 1 heterocycles. The first-order valence-electron chi connectivity index (χ1n) is 11.4. The van der Waals surface area contributed by atoms with Crippen molar-refractivity contribution in [2.45, 2.75) is 48.7 Å². The first-order chi connectivity index (χ1) is 17.4. The third-order valence-corrected chi connectivity index (χ3v) is 9.05. The molecule has 1 aliphatic carbocycles. The van der Waals surface area contributed by atoms with Gasteiger partial charge in [0.1, 0.15) is 5.75 Å². The Morgan fingerprint density at radius 1 is 0.919 bits per heavy atom. The lowest BCUT2D eigenvalue weighted by molar-refractivity contribution is -0.274. The summed E-state index contributed by atoms with van der Waals surface area (Å²) in [6.45, 7) is 0. The highest BCUT2D eigenvalue weighted by Gasteiger charge is 2.37. The molecule has 4 aromatic rings. The number of hydrogen-bond donors (Lipinski definition) is 2. The molecule has 0 radical (unpaired) electrons. The summed E-state index contributed by atoms with van der Waals surface area (Å²) < 4.78 is 73.6. The summed E-state index contributed by atoms with van der Waals surface area (Å²) in [5, 5.41) is 13.4. The monoisotopic (exact) mass is 660 g/mol. The molecule has 3 aromatic carbocycles. The van der Waals surface area contributed by atoms with Crippen molar-refractivity contribution in [3.8, 4) is 5.75 Å². The van der Waals surface area contributed by atoms with Crippen molar-refractivity contribution in [1.82, 2.24) is 9.29 Å². The molecule has 0 bridgehead atoms. The van der Waals surface area contributed by atoms with E-state index in [4.69, 9.17) is 0 Å². The fourth-order valence-corrected chi connectivity index (χ4v) is 7.02. The van der Waals surface area contributed by atoms with Crippen LogP contribution in [-0.2, 0) is 10.0 Å². The lowest BCUT2D eigenvalue weighted by atomic mass is 9.88. The van der Waals surface area contributed by atoms with E-state index in [1.54, 1.807) is 0 Å². The van der Waals surface area contributed by atoms with Gasteiger partial charge in [-0.3, -0.25) is 0 Å². The van der Waals surface area contributed by atoms with E-state index in [0.29, 0.717) is 19.3 Å². The summed E-state index contributed by atoms with van der Waals surface area (Å²) in [5.74, 6) is -0.520. The van der Waals surface area contributed by atoms with E-state index in [1.165, 1.54) is 0 Å². The van der Waals surface area contributed by atoms with Crippen LogP contribution in [0, 0.1) is 0 Å². The Kier molecular flexibility index (Phi) is 7.07. The van der Waals surface area contributed by atoms with Crippen molar-refractivity contribution in [1.29, 1.82) is 0 Å². The maximum atomic E-state index is 13.0. The normalized spacial score (nSPS) is 21.0. The maximum Gasteiger partial charge on any atom is 0.573 e. The number of rotatable bonds is 5. The Morgan fingerprint density at radius 3 is 2.03 bits per heavy atom. The van der Waals surface area contributed by atoms with Crippen LogP contribution in [0.25, 0.3) is 21.8 Å². The number of hydrogen-bond acceptors (Lipinski definition) is 4. The summed E-state index contributed by atoms with van der Waals surface area (Å²) in [7, 11) is -4.11. The molecular weight excluding hydrogens is 641 g/mol. The predicted molar refractivity (Wildman–Crippen MR) is 141 cm³/mol. The first-order valence-corrected chi connectivity index (χ1v) is 14.4. The number of aromatic nitrogens is 1. The minimum atomic E-state index is -4.88. The highest BCUT2D eigenvalue weighted by molar-refractivity contribution is 9.10. The largest absolute Gasteiger partial charge is 0.573 e. The summed E-state index contributed by atoms with van der Waals surface area (Å²) >= 11 is 7.05. The number of halogens is 5. The molecule has 1 aromatic heterocycles. The molecule has 0 saturated heterocycles. The quantitative estimate of drug-likeness (QED) is 0.251. The van der Waals surface area contributed by atoms with Crippen molar-refractivity contribution < 1.29 is 31.4 Å². The molecule has 0 aliphatic heterocycles. The predicted octanol–water partition coefficient (Wildman–Crippen LogP) is 6.65. The number of aliphatic hydroxyl groups excluding tert-OH is 1. The van der Waals surface area contributed by atoms with Crippen molar-refractivity contribution in [3.63, 3.8) is 0 Å². The van der Waals surface area contributed by atoms with Gasteiger partial charge in [-0.15, -0.1) is 13.2 Å². The van der Waals surface area contributed by atoms with Crippen LogP contribution in [0.4, 0.5) is 13.2 Å². The molecule has 37 heavy (non-hydrogen) atoms. The molecule has 2 N–H and O–H groups in total. The molecule has 5 rings (SSSR count). The molecule has 3 atom stereocenters. The Bertz CT molecular complexity index is 1510.